The van der Waals surface area contributed by atoms with Crippen molar-refractivity contribution >= 4 is 34.0 Å². The highest BCUT2D eigenvalue weighted by Gasteiger charge is 2.12. The summed E-state index contributed by atoms with van der Waals surface area (Å²) in [7, 11) is -1.30. The fourth-order valence-corrected chi connectivity index (χ4v) is 3.19. The molecule has 0 amide bonds. The van der Waals surface area contributed by atoms with Crippen LogP contribution in [-0.4, -0.2) is 4.21 Å². The van der Waals surface area contributed by atoms with Gasteiger partial charge in [0.2, 0.25) is 0 Å². The third-order valence-electron chi connectivity index (χ3n) is 2.33. The van der Waals surface area contributed by atoms with Gasteiger partial charge >= 0.3 is 0 Å². The van der Waals surface area contributed by atoms with Crippen LogP contribution in [0, 0.1) is 0 Å². The third kappa shape index (κ3) is 3.14. The zero-order valence-corrected chi connectivity index (χ0v) is 11.7. The van der Waals surface area contributed by atoms with E-state index in [1.807, 2.05) is 0 Å². The van der Waals surface area contributed by atoms with Gasteiger partial charge < -0.3 is 10.2 Å². The molecule has 0 bridgehead atoms. The van der Waals surface area contributed by atoms with Gasteiger partial charge in [0.25, 0.3) is 0 Å². The van der Waals surface area contributed by atoms with Gasteiger partial charge in [0.05, 0.1) is 33.0 Å². The quantitative estimate of drug-likeness (QED) is 0.942. The van der Waals surface area contributed by atoms with Crippen molar-refractivity contribution in [3.8, 4) is 0 Å². The van der Waals surface area contributed by atoms with Crippen LogP contribution in [0.4, 0.5) is 0 Å². The van der Waals surface area contributed by atoms with Gasteiger partial charge in [-0.3, -0.25) is 4.21 Å². The Morgan fingerprint density at radius 1 is 1.17 bits per heavy atom. The Balaban J connectivity index is 2.19. The Hall–Kier alpha value is -0.810. The lowest BCUT2D eigenvalue weighted by atomic mass is 10.4. The predicted octanol–water partition coefficient (Wildman–Crippen LogP) is 3.35. The van der Waals surface area contributed by atoms with Gasteiger partial charge in [-0.05, 0) is 30.3 Å². The fraction of sp³-hybridized carbons (Fsp3) is 0.167. The zero-order valence-electron chi connectivity index (χ0n) is 9.36. The van der Waals surface area contributed by atoms with Crippen molar-refractivity contribution < 1.29 is 8.63 Å². The second kappa shape index (κ2) is 5.89. The van der Waals surface area contributed by atoms with Crippen LogP contribution < -0.4 is 5.73 Å². The Bertz CT molecular complexity index is 583. The van der Waals surface area contributed by atoms with E-state index in [1.54, 1.807) is 30.3 Å². The first-order valence-corrected chi connectivity index (χ1v) is 7.28. The molecule has 0 saturated heterocycles. The largest absolute Gasteiger partial charge is 0.464 e. The summed E-state index contributed by atoms with van der Waals surface area (Å²) < 4.78 is 17.6. The lowest BCUT2D eigenvalue weighted by Gasteiger charge is -2.03. The molecule has 18 heavy (non-hydrogen) atoms. The third-order valence-corrected chi connectivity index (χ3v) is 4.38. The summed E-state index contributed by atoms with van der Waals surface area (Å²) in [5, 5.41) is 0.938. The SMILES string of the molecule is NCc1ccc(CS(=O)c2cc(Cl)ccc2Cl)o1. The van der Waals surface area contributed by atoms with Crippen LogP contribution in [0.25, 0.3) is 0 Å². The molecule has 1 aromatic carbocycles. The van der Waals surface area contributed by atoms with Gasteiger partial charge in [-0.2, -0.15) is 0 Å². The van der Waals surface area contributed by atoms with Crippen LogP contribution in [0.2, 0.25) is 10.0 Å². The lowest BCUT2D eigenvalue weighted by molar-refractivity contribution is 0.481. The van der Waals surface area contributed by atoms with Crippen LogP contribution in [0.15, 0.2) is 39.6 Å². The Morgan fingerprint density at radius 2 is 1.89 bits per heavy atom. The Labute approximate surface area is 117 Å². The van der Waals surface area contributed by atoms with Crippen molar-refractivity contribution in [2.24, 2.45) is 5.73 Å². The van der Waals surface area contributed by atoms with Crippen molar-refractivity contribution in [1.82, 2.24) is 0 Å². The molecule has 0 aliphatic heterocycles. The second-order valence-electron chi connectivity index (χ2n) is 3.64. The van der Waals surface area contributed by atoms with Crippen LogP contribution in [0.5, 0.6) is 0 Å². The van der Waals surface area contributed by atoms with Crippen molar-refractivity contribution in [3.05, 3.63) is 51.9 Å². The molecule has 0 fully saturated rings. The molecule has 1 heterocycles. The summed E-state index contributed by atoms with van der Waals surface area (Å²) in [5.41, 5.74) is 5.44. The van der Waals surface area contributed by atoms with Crippen LogP contribution in [0.3, 0.4) is 0 Å². The molecule has 0 radical (unpaired) electrons. The topological polar surface area (TPSA) is 56.2 Å². The highest BCUT2D eigenvalue weighted by Crippen LogP contribution is 2.25. The van der Waals surface area contributed by atoms with Gasteiger partial charge in [-0.15, -0.1) is 0 Å². The van der Waals surface area contributed by atoms with E-state index in [9.17, 15) is 4.21 Å². The monoisotopic (exact) mass is 303 g/mol. The maximum Gasteiger partial charge on any atom is 0.117 e. The van der Waals surface area contributed by atoms with Gasteiger partial charge in [-0.25, -0.2) is 0 Å². The molecule has 2 aromatic rings. The van der Waals surface area contributed by atoms with Crippen molar-refractivity contribution in [3.63, 3.8) is 0 Å². The number of halogens is 2. The van der Waals surface area contributed by atoms with Crippen molar-refractivity contribution in [2.75, 3.05) is 0 Å². The number of hydrogen-bond donors (Lipinski definition) is 1. The Morgan fingerprint density at radius 3 is 2.56 bits per heavy atom. The minimum atomic E-state index is -1.30. The second-order valence-corrected chi connectivity index (χ2v) is 5.90. The molecule has 96 valence electrons. The molecule has 0 aliphatic rings. The number of nitrogens with two attached hydrogens (primary N) is 1. The van der Waals surface area contributed by atoms with E-state index in [1.165, 1.54) is 0 Å². The number of benzene rings is 1. The fourth-order valence-electron chi connectivity index (χ4n) is 1.47. The predicted molar refractivity (Wildman–Crippen MR) is 73.2 cm³/mol. The molecule has 0 saturated carbocycles. The molecule has 2 N–H and O–H groups in total. The van der Waals surface area contributed by atoms with Crippen LogP contribution in [-0.2, 0) is 23.1 Å². The van der Waals surface area contributed by atoms with Crippen molar-refractivity contribution in [1.29, 1.82) is 0 Å². The van der Waals surface area contributed by atoms with E-state index in [0.29, 0.717) is 33.0 Å². The van der Waals surface area contributed by atoms with Gasteiger partial charge in [0.15, 0.2) is 0 Å². The summed E-state index contributed by atoms with van der Waals surface area (Å²) in [5.74, 6) is 1.53. The maximum absolute atomic E-state index is 12.2. The minimum absolute atomic E-state index is 0.250. The van der Waals surface area contributed by atoms with E-state index < -0.39 is 10.8 Å². The summed E-state index contributed by atoms with van der Waals surface area (Å²) in [6, 6.07) is 8.42. The molecule has 1 aromatic heterocycles. The lowest BCUT2D eigenvalue weighted by Crippen LogP contribution is -1.97. The number of hydrogen-bond acceptors (Lipinski definition) is 3. The first-order valence-electron chi connectivity index (χ1n) is 5.21. The average Bonchev–Trinajstić information content (AvgIpc) is 2.80. The maximum atomic E-state index is 12.2. The normalized spacial score (nSPS) is 12.6. The van der Waals surface area contributed by atoms with Gasteiger partial charge in [0, 0.05) is 5.02 Å². The molecular weight excluding hydrogens is 293 g/mol. The van der Waals surface area contributed by atoms with Gasteiger partial charge in [0.1, 0.15) is 11.5 Å². The minimum Gasteiger partial charge on any atom is -0.464 e. The Kier molecular flexibility index (Phi) is 4.45. The van der Waals surface area contributed by atoms with E-state index in [-0.39, 0.29) is 5.75 Å². The van der Waals surface area contributed by atoms with Crippen molar-refractivity contribution in [2.45, 2.75) is 17.2 Å². The molecule has 3 nitrogen and oxygen atoms in total. The molecule has 1 unspecified atom stereocenters. The van der Waals surface area contributed by atoms with E-state index in [0.717, 1.165) is 0 Å². The number of rotatable bonds is 4. The van der Waals surface area contributed by atoms with Crippen LogP contribution >= 0.6 is 23.2 Å². The highest BCUT2D eigenvalue weighted by molar-refractivity contribution is 7.84. The molecule has 6 heteroatoms. The molecule has 0 spiro atoms. The van der Waals surface area contributed by atoms with E-state index >= 15 is 0 Å². The van der Waals surface area contributed by atoms with E-state index in [2.05, 4.69) is 0 Å². The number of furan rings is 1. The standard InChI is InChI=1S/C12H11Cl2NO2S/c13-8-1-4-11(14)12(5-8)18(16)7-10-3-2-9(6-15)17-10/h1-5H,6-7,15H2. The summed E-state index contributed by atoms with van der Waals surface area (Å²) in [6.45, 7) is 0.324. The van der Waals surface area contributed by atoms with Crippen LogP contribution in [0.1, 0.15) is 11.5 Å². The summed E-state index contributed by atoms with van der Waals surface area (Å²) in [6.07, 6.45) is 0. The molecular formula is C12H11Cl2NO2S. The highest BCUT2D eigenvalue weighted by atomic mass is 35.5. The first kappa shape index (κ1) is 13.6. The molecule has 1 atom stereocenters. The smallest absolute Gasteiger partial charge is 0.117 e. The van der Waals surface area contributed by atoms with Gasteiger partial charge in [-0.1, -0.05) is 23.2 Å². The van der Waals surface area contributed by atoms with E-state index in [4.69, 9.17) is 33.4 Å². The first-order chi connectivity index (χ1) is 8.60. The molecule has 2 rings (SSSR count). The summed E-state index contributed by atoms with van der Waals surface area (Å²) >= 11 is 11.8. The summed E-state index contributed by atoms with van der Waals surface area (Å²) in [4.78, 5) is 0.509. The zero-order chi connectivity index (χ0) is 13.1. The average molecular weight is 304 g/mol. The molecule has 0 aliphatic carbocycles.